The highest BCUT2D eigenvalue weighted by Gasteiger charge is 2.02. The Hall–Kier alpha value is -0.930. The van der Waals surface area contributed by atoms with Crippen LogP contribution in [-0.2, 0) is 0 Å². The van der Waals surface area contributed by atoms with Gasteiger partial charge >= 0.3 is 0 Å². The molecule has 3 heterocycles. The van der Waals surface area contributed by atoms with Crippen LogP contribution in [0, 0.1) is 0 Å². The van der Waals surface area contributed by atoms with Gasteiger partial charge in [0.25, 0.3) is 0 Å². The quantitative estimate of drug-likeness (QED) is 0.780. The fourth-order valence-corrected chi connectivity index (χ4v) is 2.17. The number of piperidine rings is 2. The number of nitrogens with one attached hydrogen (secondary N) is 1. The molecule has 0 spiro atoms. The van der Waals surface area contributed by atoms with E-state index in [0.717, 1.165) is 0 Å². The zero-order valence-electron chi connectivity index (χ0n) is 12.4. The number of likely N-dealkylation sites (tertiary alicyclic amines) is 1. The molecule has 1 N–H and O–H groups in total. The van der Waals surface area contributed by atoms with Gasteiger partial charge in [-0.25, -0.2) is 0 Å². The fourth-order valence-electron chi connectivity index (χ4n) is 2.17. The van der Waals surface area contributed by atoms with Gasteiger partial charge in [-0.15, -0.1) is 0 Å². The van der Waals surface area contributed by atoms with Crippen molar-refractivity contribution in [2.45, 2.75) is 38.5 Å². The van der Waals surface area contributed by atoms with Crippen LogP contribution in [0.1, 0.15) is 38.5 Å². The molecule has 3 rings (SSSR count). The molecule has 1 aromatic rings. The molecule has 0 amide bonds. The lowest BCUT2D eigenvalue weighted by Crippen LogP contribution is -2.24. The van der Waals surface area contributed by atoms with Crippen LogP contribution < -0.4 is 5.32 Å². The normalized spacial score (nSPS) is 19.4. The first-order valence-electron chi connectivity index (χ1n) is 7.64. The zero-order valence-corrected chi connectivity index (χ0v) is 12.4. The molecule has 3 nitrogen and oxygen atoms in total. The molecule has 0 aliphatic carbocycles. The molecule has 0 radical (unpaired) electrons. The third-order valence-corrected chi connectivity index (χ3v) is 3.35. The zero-order chi connectivity index (χ0) is 13.6. The molecule has 1 aromatic heterocycles. The summed E-state index contributed by atoms with van der Waals surface area (Å²) < 4.78 is 0. The smallest absolute Gasteiger partial charge is 0.0267 e. The van der Waals surface area contributed by atoms with Crippen LogP contribution in [0.3, 0.4) is 0 Å². The molecular weight excluding hydrogens is 234 g/mol. The molecule has 2 saturated heterocycles. The van der Waals surface area contributed by atoms with Crippen molar-refractivity contribution in [1.29, 1.82) is 0 Å². The van der Waals surface area contributed by atoms with Crippen molar-refractivity contribution in [2.75, 3.05) is 33.2 Å². The lowest BCUT2D eigenvalue weighted by Gasteiger charge is -2.20. The number of pyridine rings is 1. The third kappa shape index (κ3) is 10.7. The van der Waals surface area contributed by atoms with Gasteiger partial charge in [0.1, 0.15) is 0 Å². The Balaban J connectivity index is 0.000000143. The Morgan fingerprint density at radius 2 is 1.37 bits per heavy atom. The van der Waals surface area contributed by atoms with E-state index in [4.69, 9.17) is 0 Å². The van der Waals surface area contributed by atoms with Crippen LogP contribution in [0.25, 0.3) is 0 Å². The number of rotatable bonds is 0. The van der Waals surface area contributed by atoms with E-state index in [2.05, 4.69) is 22.2 Å². The second-order valence-electron chi connectivity index (χ2n) is 5.20. The van der Waals surface area contributed by atoms with Crippen molar-refractivity contribution >= 4 is 0 Å². The van der Waals surface area contributed by atoms with E-state index in [0.29, 0.717) is 0 Å². The van der Waals surface area contributed by atoms with E-state index in [1.54, 1.807) is 12.4 Å². The monoisotopic (exact) mass is 263 g/mol. The molecule has 0 saturated carbocycles. The van der Waals surface area contributed by atoms with Gasteiger partial charge in [-0.1, -0.05) is 18.9 Å². The molecule has 0 unspecified atom stereocenters. The minimum atomic E-state index is 1.25. The van der Waals surface area contributed by atoms with Gasteiger partial charge in [-0.3, -0.25) is 4.98 Å². The minimum absolute atomic E-state index is 1.25. The molecule has 3 heteroatoms. The lowest BCUT2D eigenvalue weighted by atomic mass is 10.1. The molecule has 0 bridgehead atoms. The van der Waals surface area contributed by atoms with Gasteiger partial charge in [0.05, 0.1) is 0 Å². The number of hydrogen-bond donors (Lipinski definition) is 1. The highest BCUT2D eigenvalue weighted by molar-refractivity contribution is 4.88. The highest BCUT2D eigenvalue weighted by atomic mass is 15.1. The van der Waals surface area contributed by atoms with Crippen molar-refractivity contribution in [2.24, 2.45) is 0 Å². The maximum Gasteiger partial charge on any atom is 0.0267 e. The molecule has 2 aliphatic heterocycles. The largest absolute Gasteiger partial charge is 0.317 e. The average Bonchev–Trinajstić information content (AvgIpc) is 2.53. The fraction of sp³-hybridized carbons (Fsp3) is 0.688. The van der Waals surface area contributed by atoms with Gasteiger partial charge in [0.15, 0.2) is 0 Å². The Morgan fingerprint density at radius 1 is 0.789 bits per heavy atom. The van der Waals surface area contributed by atoms with Gasteiger partial charge < -0.3 is 10.2 Å². The van der Waals surface area contributed by atoms with Gasteiger partial charge in [0.2, 0.25) is 0 Å². The van der Waals surface area contributed by atoms with Crippen molar-refractivity contribution in [3.8, 4) is 0 Å². The van der Waals surface area contributed by atoms with E-state index in [1.807, 2.05) is 18.2 Å². The summed E-state index contributed by atoms with van der Waals surface area (Å²) in [6, 6.07) is 5.72. The van der Waals surface area contributed by atoms with Crippen molar-refractivity contribution < 1.29 is 0 Å². The number of hydrogen-bond acceptors (Lipinski definition) is 3. The Labute approximate surface area is 118 Å². The predicted molar refractivity (Wildman–Crippen MR) is 82.3 cm³/mol. The highest BCUT2D eigenvalue weighted by Crippen LogP contribution is 2.04. The molecule has 0 aromatic carbocycles. The van der Waals surface area contributed by atoms with Crippen LogP contribution in [-0.4, -0.2) is 43.1 Å². The summed E-state index contributed by atoms with van der Waals surface area (Å²) in [5.41, 5.74) is 0. The van der Waals surface area contributed by atoms with E-state index in [9.17, 15) is 0 Å². The van der Waals surface area contributed by atoms with Crippen LogP contribution in [0.4, 0.5) is 0 Å². The SMILES string of the molecule is C1CCNCC1.CN1CCCCC1.c1ccncc1. The summed E-state index contributed by atoms with van der Waals surface area (Å²) in [5.74, 6) is 0. The number of aromatic nitrogens is 1. The van der Waals surface area contributed by atoms with Gasteiger partial charge in [-0.2, -0.15) is 0 Å². The van der Waals surface area contributed by atoms with Crippen molar-refractivity contribution in [3.05, 3.63) is 30.6 Å². The second kappa shape index (κ2) is 12.1. The van der Waals surface area contributed by atoms with Crippen LogP contribution in [0.5, 0.6) is 0 Å². The second-order valence-corrected chi connectivity index (χ2v) is 5.20. The van der Waals surface area contributed by atoms with E-state index >= 15 is 0 Å². The van der Waals surface area contributed by atoms with E-state index in [-0.39, 0.29) is 0 Å². The third-order valence-electron chi connectivity index (χ3n) is 3.35. The first-order valence-corrected chi connectivity index (χ1v) is 7.64. The maximum absolute atomic E-state index is 3.78. The first-order chi connectivity index (χ1) is 9.39. The molecule has 2 fully saturated rings. The lowest BCUT2D eigenvalue weighted by molar-refractivity contribution is 0.277. The Morgan fingerprint density at radius 3 is 1.58 bits per heavy atom. The predicted octanol–water partition coefficient (Wildman–Crippen LogP) is 2.94. The summed E-state index contributed by atoms with van der Waals surface area (Å²) in [4.78, 5) is 6.18. The van der Waals surface area contributed by atoms with Gasteiger partial charge in [0, 0.05) is 12.4 Å². The first kappa shape index (κ1) is 16.1. The molecule has 2 aliphatic rings. The minimum Gasteiger partial charge on any atom is -0.317 e. The topological polar surface area (TPSA) is 28.2 Å². The number of nitrogens with zero attached hydrogens (tertiary/aromatic N) is 2. The average molecular weight is 263 g/mol. The molecule has 19 heavy (non-hydrogen) atoms. The van der Waals surface area contributed by atoms with Crippen LogP contribution >= 0.6 is 0 Å². The molecular formula is C16H29N3. The summed E-state index contributed by atoms with van der Waals surface area (Å²) in [6.45, 7) is 5.14. The molecule has 0 atom stereocenters. The Bertz CT molecular complexity index is 228. The summed E-state index contributed by atoms with van der Waals surface area (Å²) in [7, 11) is 2.19. The van der Waals surface area contributed by atoms with Crippen molar-refractivity contribution in [1.82, 2.24) is 15.2 Å². The summed E-state index contributed by atoms with van der Waals surface area (Å²) in [6.07, 6.45) is 12.0. The molecule has 108 valence electrons. The summed E-state index contributed by atoms with van der Waals surface area (Å²) >= 11 is 0. The van der Waals surface area contributed by atoms with Crippen LogP contribution in [0.15, 0.2) is 30.6 Å². The van der Waals surface area contributed by atoms with Crippen molar-refractivity contribution in [3.63, 3.8) is 0 Å². The van der Waals surface area contributed by atoms with Gasteiger partial charge in [-0.05, 0) is 71.0 Å². The summed E-state index contributed by atoms with van der Waals surface area (Å²) in [5, 5.41) is 3.28. The van der Waals surface area contributed by atoms with Crippen LogP contribution in [0.2, 0.25) is 0 Å². The van der Waals surface area contributed by atoms with E-state index < -0.39 is 0 Å². The maximum atomic E-state index is 3.78. The Kier molecular flexibility index (Phi) is 10.3. The van der Waals surface area contributed by atoms with E-state index in [1.165, 1.54) is 64.7 Å². The standard InChI is InChI=1S/C6H13N.C5H11N.C5H5N/c1-7-5-3-2-4-6-7;2*1-2-4-6-5-3-1/h2-6H2,1H3;6H,1-5H2;1-5H.